The summed E-state index contributed by atoms with van der Waals surface area (Å²) in [7, 11) is 1.49. The fourth-order valence-electron chi connectivity index (χ4n) is 3.65. The number of hydrogen-bond donors (Lipinski definition) is 1. The van der Waals surface area contributed by atoms with Crippen molar-refractivity contribution in [2.75, 3.05) is 20.2 Å². The second kappa shape index (κ2) is 7.30. The molecule has 4 nitrogen and oxygen atoms in total. The summed E-state index contributed by atoms with van der Waals surface area (Å²) in [4.78, 5) is 4.67. The van der Waals surface area contributed by atoms with Crippen molar-refractivity contribution in [3.63, 3.8) is 0 Å². The van der Waals surface area contributed by atoms with Crippen LogP contribution in [0.25, 0.3) is 22.5 Å². The van der Waals surface area contributed by atoms with E-state index in [0.29, 0.717) is 11.6 Å². The maximum Gasteiger partial charge on any atom is 0.174 e. The molecule has 26 heavy (non-hydrogen) atoms. The Morgan fingerprint density at radius 2 is 1.85 bits per heavy atom. The van der Waals surface area contributed by atoms with Crippen LogP contribution in [0.4, 0.5) is 4.39 Å². The van der Waals surface area contributed by atoms with E-state index in [2.05, 4.69) is 14.9 Å². The normalized spacial score (nSPS) is 15.2. The lowest BCUT2D eigenvalue weighted by Gasteiger charge is -2.26. The van der Waals surface area contributed by atoms with Crippen LogP contribution < -0.4 is 10.1 Å². The van der Waals surface area contributed by atoms with Gasteiger partial charge in [0.15, 0.2) is 11.6 Å². The smallest absolute Gasteiger partial charge is 0.174 e. The lowest BCUT2D eigenvalue weighted by molar-refractivity contribution is 0.369. The molecule has 2 aromatic carbocycles. The van der Waals surface area contributed by atoms with Crippen LogP contribution in [0.3, 0.4) is 0 Å². The van der Waals surface area contributed by atoms with Gasteiger partial charge in [-0.3, -0.25) is 0 Å². The molecule has 0 spiro atoms. The van der Waals surface area contributed by atoms with E-state index in [1.54, 1.807) is 12.1 Å². The zero-order chi connectivity index (χ0) is 17.9. The van der Waals surface area contributed by atoms with Gasteiger partial charge >= 0.3 is 0 Å². The first-order valence-corrected chi connectivity index (χ1v) is 8.95. The minimum Gasteiger partial charge on any atom is -0.494 e. The van der Waals surface area contributed by atoms with Crippen LogP contribution in [0.1, 0.15) is 18.9 Å². The van der Waals surface area contributed by atoms with Gasteiger partial charge in [0.2, 0.25) is 0 Å². The Kier molecular flexibility index (Phi) is 4.71. The largest absolute Gasteiger partial charge is 0.494 e. The lowest BCUT2D eigenvalue weighted by Crippen LogP contribution is -2.29. The molecule has 1 aliphatic rings. The molecule has 2 heterocycles. The molecule has 0 bridgehead atoms. The van der Waals surface area contributed by atoms with E-state index < -0.39 is 0 Å². The third-order valence-electron chi connectivity index (χ3n) is 4.98. The fraction of sp³-hybridized carbons (Fsp3) is 0.286. The van der Waals surface area contributed by atoms with Gasteiger partial charge in [0.25, 0.3) is 0 Å². The predicted octanol–water partition coefficient (Wildman–Crippen LogP) is 4.29. The van der Waals surface area contributed by atoms with Crippen molar-refractivity contribution in [1.29, 1.82) is 0 Å². The molecule has 0 amide bonds. The highest BCUT2D eigenvalue weighted by Crippen LogP contribution is 2.38. The molecule has 1 N–H and O–H groups in total. The molecule has 3 aromatic rings. The number of methoxy groups -OCH3 is 1. The van der Waals surface area contributed by atoms with Crippen molar-refractivity contribution < 1.29 is 9.13 Å². The highest BCUT2D eigenvalue weighted by molar-refractivity contribution is 5.79. The first kappa shape index (κ1) is 16.8. The van der Waals surface area contributed by atoms with Gasteiger partial charge in [-0.1, -0.05) is 36.4 Å². The van der Waals surface area contributed by atoms with Gasteiger partial charge < -0.3 is 14.6 Å². The number of aromatic nitrogens is 2. The van der Waals surface area contributed by atoms with Gasteiger partial charge in [-0.15, -0.1) is 0 Å². The molecule has 1 saturated heterocycles. The van der Waals surface area contributed by atoms with Crippen LogP contribution in [-0.2, 0) is 0 Å². The minimum absolute atomic E-state index is 0.250. The summed E-state index contributed by atoms with van der Waals surface area (Å²) in [5, 5.41) is 3.38. The summed E-state index contributed by atoms with van der Waals surface area (Å²) in [5.74, 6) is -0.0950. The summed E-state index contributed by atoms with van der Waals surface area (Å²) in [6.45, 7) is 1.92. The second-order valence-corrected chi connectivity index (χ2v) is 6.52. The Morgan fingerprint density at radius 1 is 1.08 bits per heavy atom. The molecule has 134 valence electrons. The lowest BCUT2D eigenvalue weighted by atomic mass is 10.0. The van der Waals surface area contributed by atoms with E-state index in [9.17, 15) is 0 Å². The summed E-state index contributed by atoms with van der Waals surface area (Å²) in [6.07, 6.45) is 3.86. The predicted molar refractivity (Wildman–Crippen MR) is 101 cm³/mol. The number of imidazole rings is 1. The summed E-state index contributed by atoms with van der Waals surface area (Å²) < 4.78 is 22.4. The van der Waals surface area contributed by atoms with Gasteiger partial charge in [-0.2, -0.15) is 0 Å². The van der Waals surface area contributed by atoms with E-state index in [1.165, 1.54) is 7.11 Å². The molecule has 1 fully saturated rings. The Morgan fingerprint density at radius 3 is 2.58 bits per heavy atom. The molecule has 0 saturated carbocycles. The van der Waals surface area contributed by atoms with Crippen LogP contribution in [0, 0.1) is 5.82 Å². The molecular formula is C21H22FN3O. The first-order chi connectivity index (χ1) is 12.8. The van der Waals surface area contributed by atoms with Gasteiger partial charge in [0.05, 0.1) is 24.8 Å². The Bertz CT molecular complexity index is 886. The first-order valence-electron chi connectivity index (χ1n) is 8.95. The molecule has 0 atom stereocenters. The third kappa shape index (κ3) is 2.99. The maximum atomic E-state index is 15.1. The Hall–Kier alpha value is -2.66. The number of piperidine rings is 1. The van der Waals surface area contributed by atoms with Crippen molar-refractivity contribution in [3.8, 4) is 28.3 Å². The number of halogens is 1. The van der Waals surface area contributed by atoms with Crippen molar-refractivity contribution in [2.24, 2.45) is 0 Å². The molecule has 4 rings (SSSR count). The fourth-order valence-corrected chi connectivity index (χ4v) is 3.65. The molecule has 0 unspecified atom stereocenters. The van der Waals surface area contributed by atoms with Crippen molar-refractivity contribution >= 4 is 0 Å². The number of benzene rings is 2. The van der Waals surface area contributed by atoms with Crippen molar-refractivity contribution in [3.05, 3.63) is 60.7 Å². The topological polar surface area (TPSA) is 39.1 Å². The van der Waals surface area contributed by atoms with Crippen molar-refractivity contribution in [1.82, 2.24) is 14.9 Å². The number of hydrogen-bond acceptors (Lipinski definition) is 3. The second-order valence-electron chi connectivity index (χ2n) is 6.52. The summed E-state index contributed by atoms with van der Waals surface area (Å²) in [5.41, 5.74) is 3.13. The van der Waals surface area contributed by atoms with E-state index in [1.807, 2.05) is 42.7 Å². The molecule has 0 radical (unpaired) electrons. The van der Waals surface area contributed by atoms with Crippen LogP contribution in [0.15, 0.2) is 54.9 Å². The average Bonchev–Trinajstić information content (AvgIpc) is 3.14. The van der Waals surface area contributed by atoms with Crippen LogP contribution in [0.5, 0.6) is 5.75 Å². The third-order valence-corrected chi connectivity index (χ3v) is 4.98. The Labute approximate surface area is 152 Å². The van der Waals surface area contributed by atoms with Gasteiger partial charge in [-0.25, -0.2) is 9.37 Å². The number of nitrogens with zero attached hydrogens (tertiary/aromatic N) is 2. The average molecular weight is 351 g/mol. The summed E-state index contributed by atoms with van der Waals surface area (Å²) in [6, 6.07) is 15.5. The van der Waals surface area contributed by atoms with E-state index in [0.717, 1.165) is 42.9 Å². The molecule has 0 aliphatic carbocycles. The SMILES string of the molecule is COc1cccc(-c2c(-c3ccccc3)ncn2C2CCNCC2)c1F. The highest BCUT2D eigenvalue weighted by Gasteiger charge is 2.24. The molecule has 1 aromatic heterocycles. The Balaban J connectivity index is 1.91. The minimum atomic E-state index is -0.345. The molecule has 5 heteroatoms. The van der Waals surface area contributed by atoms with E-state index >= 15 is 4.39 Å². The van der Waals surface area contributed by atoms with Crippen molar-refractivity contribution in [2.45, 2.75) is 18.9 Å². The quantitative estimate of drug-likeness (QED) is 0.762. The monoisotopic (exact) mass is 351 g/mol. The highest BCUT2D eigenvalue weighted by atomic mass is 19.1. The number of ether oxygens (including phenoxy) is 1. The number of nitrogens with one attached hydrogen (secondary N) is 1. The van der Waals surface area contributed by atoms with E-state index in [4.69, 9.17) is 4.74 Å². The number of rotatable bonds is 4. The zero-order valence-electron chi connectivity index (χ0n) is 14.8. The maximum absolute atomic E-state index is 15.1. The van der Waals surface area contributed by atoms with E-state index in [-0.39, 0.29) is 11.6 Å². The standard InChI is InChI=1S/C21H22FN3O/c1-26-18-9-5-8-17(19(18)22)21-20(15-6-3-2-4-7-15)24-14-25(21)16-10-12-23-13-11-16/h2-9,14,16,23H,10-13H2,1H3. The van der Waals surface area contributed by atoms with Crippen LogP contribution in [-0.4, -0.2) is 29.8 Å². The van der Waals surface area contributed by atoms with Gasteiger partial charge in [0.1, 0.15) is 0 Å². The zero-order valence-corrected chi connectivity index (χ0v) is 14.8. The van der Waals surface area contributed by atoms with Gasteiger partial charge in [-0.05, 0) is 38.1 Å². The summed E-state index contributed by atoms with van der Waals surface area (Å²) >= 11 is 0. The van der Waals surface area contributed by atoms with Gasteiger partial charge in [0, 0.05) is 17.2 Å². The van der Waals surface area contributed by atoms with Crippen LogP contribution >= 0.6 is 0 Å². The molecule has 1 aliphatic heterocycles. The molecular weight excluding hydrogens is 329 g/mol. The van der Waals surface area contributed by atoms with Crippen LogP contribution in [0.2, 0.25) is 0 Å².